The first-order valence-electron chi connectivity index (χ1n) is 9.41. The van der Waals surface area contributed by atoms with Crippen molar-refractivity contribution in [3.63, 3.8) is 0 Å². The van der Waals surface area contributed by atoms with E-state index in [0.717, 1.165) is 31.7 Å². The van der Waals surface area contributed by atoms with E-state index in [1.165, 1.54) is 22.9 Å². The van der Waals surface area contributed by atoms with E-state index in [-0.39, 0.29) is 28.9 Å². The summed E-state index contributed by atoms with van der Waals surface area (Å²) in [5.74, 6) is 0.228. The molecule has 4 rings (SSSR count). The molecule has 0 aliphatic carbocycles. The molecule has 2 aliphatic heterocycles. The van der Waals surface area contributed by atoms with Crippen molar-refractivity contribution < 1.29 is 12.8 Å². The predicted molar refractivity (Wildman–Crippen MR) is 104 cm³/mol. The normalized spacial score (nSPS) is 23.1. The van der Waals surface area contributed by atoms with Crippen LogP contribution in [0.25, 0.3) is 11.3 Å². The molecule has 3 heterocycles. The average molecular weight is 406 g/mol. The van der Waals surface area contributed by atoms with Crippen LogP contribution in [0.4, 0.5) is 4.39 Å². The van der Waals surface area contributed by atoms with Crippen molar-refractivity contribution in [1.82, 2.24) is 19.6 Å². The van der Waals surface area contributed by atoms with E-state index in [2.05, 4.69) is 14.9 Å². The van der Waals surface area contributed by atoms with Crippen molar-refractivity contribution in [1.29, 1.82) is 0 Å². The Labute approximate surface area is 163 Å². The second-order valence-corrected chi connectivity index (χ2v) is 9.64. The van der Waals surface area contributed by atoms with Gasteiger partial charge in [-0.3, -0.25) is 14.6 Å². The molecule has 2 aromatic rings. The molecule has 0 unspecified atom stereocenters. The highest BCUT2D eigenvalue weighted by atomic mass is 32.2. The van der Waals surface area contributed by atoms with Gasteiger partial charge < -0.3 is 0 Å². The molecule has 7 nitrogen and oxygen atoms in total. The standard InChI is InChI=1S/C19H23FN4O3S/c20-16-3-1-15(2-4-16)18-5-6-19(25)24(21-18)14-22-8-10-23(11-9-22)17-7-12-28(26,27)13-17/h1-6,17H,7-14H2/t17-/m0/s1. The van der Waals surface area contributed by atoms with E-state index in [1.807, 2.05) is 0 Å². The molecule has 1 aromatic carbocycles. The van der Waals surface area contributed by atoms with E-state index < -0.39 is 9.84 Å². The summed E-state index contributed by atoms with van der Waals surface area (Å²) in [4.78, 5) is 16.6. The first-order valence-corrected chi connectivity index (χ1v) is 11.2. The molecule has 150 valence electrons. The van der Waals surface area contributed by atoms with Crippen LogP contribution in [-0.4, -0.2) is 71.7 Å². The van der Waals surface area contributed by atoms with Crippen LogP contribution in [-0.2, 0) is 16.5 Å². The third-order valence-electron chi connectivity index (χ3n) is 5.47. The lowest BCUT2D eigenvalue weighted by atomic mass is 10.1. The molecule has 0 saturated carbocycles. The van der Waals surface area contributed by atoms with Gasteiger partial charge in [0.1, 0.15) is 5.82 Å². The van der Waals surface area contributed by atoms with Gasteiger partial charge in [0.2, 0.25) is 0 Å². The number of aromatic nitrogens is 2. The molecule has 9 heteroatoms. The van der Waals surface area contributed by atoms with Gasteiger partial charge in [-0.25, -0.2) is 17.5 Å². The highest BCUT2D eigenvalue weighted by Crippen LogP contribution is 2.19. The van der Waals surface area contributed by atoms with Crippen molar-refractivity contribution in [2.24, 2.45) is 0 Å². The van der Waals surface area contributed by atoms with E-state index in [4.69, 9.17) is 0 Å². The molecule has 0 N–H and O–H groups in total. The van der Waals surface area contributed by atoms with Crippen LogP contribution < -0.4 is 5.56 Å². The van der Waals surface area contributed by atoms with Gasteiger partial charge in [-0.2, -0.15) is 5.10 Å². The predicted octanol–water partition coefficient (Wildman–Crippen LogP) is 0.812. The van der Waals surface area contributed by atoms with Crippen LogP contribution in [0.15, 0.2) is 41.2 Å². The lowest BCUT2D eigenvalue weighted by Gasteiger charge is -2.37. The van der Waals surface area contributed by atoms with Crippen molar-refractivity contribution in [3.8, 4) is 11.3 Å². The quantitative estimate of drug-likeness (QED) is 0.748. The molecule has 1 atom stereocenters. The molecular weight excluding hydrogens is 383 g/mol. The third kappa shape index (κ3) is 4.31. The minimum Gasteiger partial charge on any atom is -0.297 e. The zero-order valence-corrected chi connectivity index (χ0v) is 16.3. The maximum atomic E-state index is 13.1. The van der Waals surface area contributed by atoms with Gasteiger partial charge in [0.15, 0.2) is 9.84 Å². The molecule has 2 saturated heterocycles. The summed E-state index contributed by atoms with van der Waals surface area (Å²) in [5, 5.41) is 4.43. The van der Waals surface area contributed by atoms with Crippen LogP contribution in [0.5, 0.6) is 0 Å². The Morgan fingerprint density at radius 3 is 2.39 bits per heavy atom. The minimum absolute atomic E-state index is 0.120. The van der Waals surface area contributed by atoms with Crippen LogP contribution in [0.2, 0.25) is 0 Å². The summed E-state index contributed by atoms with van der Waals surface area (Å²) in [7, 11) is -2.88. The fourth-order valence-corrected chi connectivity index (χ4v) is 5.61. The van der Waals surface area contributed by atoms with Crippen molar-refractivity contribution >= 4 is 9.84 Å². The van der Waals surface area contributed by atoms with Gasteiger partial charge in [-0.1, -0.05) is 0 Å². The number of rotatable bonds is 4. The molecule has 1 aromatic heterocycles. The fraction of sp³-hybridized carbons (Fsp3) is 0.474. The number of hydrogen-bond donors (Lipinski definition) is 0. The lowest BCUT2D eigenvalue weighted by Crippen LogP contribution is -2.51. The Kier molecular flexibility index (Phi) is 5.31. The number of benzene rings is 1. The molecular formula is C19H23FN4O3S. The summed E-state index contributed by atoms with van der Waals surface area (Å²) in [6.45, 7) is 3.46. The first kappa shape index (κ1) is 19.2. The molecule has 0 amide bonds. The number of nitrogens with zero attached hydrogens (tertiary/aromatic N) is 4. The molecule has 28 heavy (non-hydrogen) atoms. The zero-order chi connectivity index (χ0) is 19.7. The summed E-state index contributed by atoms with van der Waals surface area (Å²) in [6, 6.07) is 9.26. The molecule has 0 spiro atoms. The second kappa shape index (κ2) is 7.73. The third-order valence-corrected chi connectivity index (χ3v) is 7.22. The van der Waals surface area contributed by atoms with Gasteiger partial charge in [-0.15, -0.1) is 0 Å². The number of sulfone groups is 1. The summed E-state index contributed by atoms with van der Waals surface area (Å²) in [6.07, 6.45) is 0.711. The Balaban J connectivity index is 1.40. The number of halogens is 1. The van der Waals surface area contributed by atoms with Gasteiger partial charge in [0, 0.05) is 43.9 Å². The highest BCUT2D eigenvalue weighted by molar-refractivity contribution is 7.91. The number of piperazine rings is 1. The highest BCUT2D eigenvalue weighted by Gasteiger charge is 2.33. The number of hydrogen-bond acceptors (Lipinski definition) is 6. The van der Waals surface area contributed by atoms with Crippen LogP contribution in [0, 0.1) is 5.82 Å². The largest absolute Gasteiger partial charge is 0.297 e. The zero-order valence-electron chi connectivity index (χ0n) is 15.5. The van der Waals surface area contributed by atoms with E-state index in [0.29, 0.717) is 18.8 Å². The molecule has 0 radical (unpaired) electrons. The van der Waals surface area contributed by atoms with Crippen LogP contribution >= 0.6 is 0 Å². The Morgan fingerprint density at radius 1 is 1.04 bits per heavy atom. The Morgan fingerprint density at radius 2 is 1.75 bits per heavy atom. The van der Waals surface area contributed by atoms with Crippen molar-refractivity contribution in [2.75, 3.05) is 37.7 Å². The smallest absolute Gasteiger partial charge is 0.268 e. The van der Waals surface area contributed by atoms with E-state index in [1.54, 1.807) is 18.2 Å². The summed E-state index contributed by atoms with van der Waals surface area (Å²) >= 11 is 0. The van der Waals surface area contributed by atoms with Gasteiger partial charge in [-0.05, 0) is 36.8 Å². The molecule has 2 aliphatic rings. The monoisotopic (exact) mass is 406 g/mol. The van der Waals surface area contributed by atoms with Crippen LogP contribution in [0.3, 0.4) is 0 Å². The van der Waals surface area contributed by atoms with E-state index in [9.17, 15) is 17.6 Å². The van der Waals surface area contributed by atoms with Crippen molar-refractivity contribution in [3.05, 3.63) is 52.6 Å². The summed E-state index contributed by atoms with van der Waals surface area (Å²) < 4.78 is 37.9. The average Bonchev–Trinajstić information content (AvgIpc) is 3.05. The van der Waals surface area contributed by atoms with Crippen molar-refractivity contribution in [2.45, 2.75) is 19.1 Å². The van der Waals surface area contributed by atoms with Gasteiger partial charge >= 0.3 is 0 Å². The summed E-state index contributed by atoms with van der Waals surface area (Å²) in [5.41, 5.74) is 1.19. The minimum atomic E-state index is -2.88. The second-order valence-electron chi connectivity index (χ2n) is 7.42. The SMILES string of the molecule is O=c1ccc(-c2ccc(F)cc2)nn1CN1CCN([C@H]2CCS(=O)(=O)C2)CC1. The Bertz CT molecular complexity index is 999. The maximum absolute atomic E-state index is 13.1. The van der Waals surface area contributed by atoms with Gasteiger partial charge in [0.25, 0.3) is 5.56 Å². The first-order chi connectivity index (χ1) is 13.4. The van der Waals surface area contributed by atoms with Gasteiger partial charge in [0.05, 0.1) is 23.9 Å². The lowest BCUT2D eigenvalue weighted by molar-refractivity contribution is 0.0800. The topological polar surface area (TPSA) is 75.5 Å². The Hall–Kier alpha value is -2.10. The molecule has 2 fully saturated rings. The fourth-order valence-electron chi connectivity index (χ4n) is 3.85. The van der Waals surface area contributed by atoms with Crippen LogP contribution in [0.1, 0.15) is 6.42 Å². The van der Waals surface area contributed by atoms with E-state index >= 15 is 0 Å². The maximum Gasteiger partial charge on any atom is 0.268 e. The molecule has 0 bridgehead atoms.